The highest BCUT2D eigenvalue weighted by atomic mass is 32.2. The lowest BCUT2D eigenvalue weighted by Gasteiger charge is -2.23. The van der Waals surface area contributed by atoms with E-state index < -0.39 is 15.1 Å². The van der Waals surface area contributed by atoms with Crippen LogP contribution in [0.4, 0.5) is 5.69 Å². The van der Waals surface area contributed by atoms with Crippen molar-refractivity contribution in [1.82, 2.24) is 0 Å². The number of sulfone groups is 1. The standard InChI is InChI=1S/C12H17NO3S/c1-9-4-5-11(13)12(7-9)17(14,15)10-3-2-6-16-8-10/h4-5,7,10H,2-3,6,8,13H2,1H3. The molecule has 0 saturated carbocycles. The van der Waals surface area contributed by atoms with E-state index in [-0.39, 0.29) is 11.5 Å². The Kier molecular flexibility index (Phi) is 3.40. The number of benzene rings is 1. The molecule has 0 aliphatic carbocycles. The van der Waals surface area contributed by atoms with Crippen LogP contribution in [0.15, 0.2) is 23.1 Å². The van der Waals surface area contributed by atoms with Gasteiger partial charge in [-0.05, 0) is 37.5 Å². The first-order valence-electron chi connectivity index (χ1n) is 5.69. The molecule has 1 aliphatic rings. The van der Waals surface area contributed by atoms with Crippen LogP contribution >= 0.6 is 0 Å². The third-order valence-corrected chi connectivity index (χ3v) is 5.25. The number of rotatable bonds is 2. The third kappa shape index (κ3) is 2.45. The summed E-state index contributed by atoms with van der Waals surface area (Å²) in [6, 6.07) is 5.09. The van der Waals surface area contributed by atoms with Crippen molar-refractivity contribution in [3.05, 3.63) is 23.8 Å². The van der Waals surface area contributed by atoms with Crippen LogP contribution in [0.5, 0.6) is 0 Å². The maximum absolute atomic E-state index is 12.4. The van der Waals surface area contributed by atoms with E-state index in [1.807, 2.05) is 13.0 Å². The second kappa shape index (κ2) is 4.66. The van der Waals surface area contributed by atoms with Gasteiger partial charge in [-0.3, -0.25) is 0 Å². The van der Waals surface area contributed by atoms with Crippen LogP contribution in [-0.2, 0) is 14.6 Å². The normalized spacial score (nSPS) is 21.4. The Hall–Kier alpha value is -1.07. The first kappa shape index (κ1) is 12.4. The minimum Gasteiger partial charge on any atom is -0.398 e. The molecule has 1 aromatic carbocycles. The van der Waals surface area contributed by atoms with Crippen LogP contribution in [-0.4, -0.2) is 26.9 Å². The first-order chi connectivity index (χ1) is 8.01. The van der Waals surface area contributed by atoms with Gasteiger partial charge in [0.05, 0.1) is 22.4 Å². The zero-order chi connectivity index (χ0) is 12.5. The molecule has 0 radical (unpaired) electrons. The van der Waals surface area contributed by atoms with Gasteiger partial charge in [0.2, 0.25) is 0 Å². The maximum atomic E-state index is 12.4. The Balaban J connectivity index is 2.40. The summed E-state index contributed by atoms with van der Waals surface area (Å²) in [5.74, 6) is 0. The van der Waals surface area contributed by atoms with Crippen molar-refractivity contribution in [2.24, 2.45) is 0 Å². The molecule has 2 rings (SSSR count). The number of hydrogen-bond acceptors (Lipinski definition) is 4. The SMILES string of the molecule is Cc1ccc(N)c(S(=O)(=O)C2CCCOC2)c1. The van der Waals surface area contributed by atoms with Gasteiger partial charge in [0.25, 0.3) is 0 Å². The molecule has 0 bridgehead atoms. The van der Waals surface area contributed by atoms with E-state index in [9.17, 15) is 8.42 Å². The van der Waals surface area contributed by atoms with E-state index in [0.717, 1.165) is 12.0 Å². The van der Waals surface area contributed by atoms with Gasteiger partial charge in [0.15, 0.2) is 9.84 Å². The number of ether oxygens (including phenoxy) is 1. The summed E-state index contributed by atoms with van der Waals surface area (Å²) in [6.07, 6.45) is 1.44. The fraction of sp³-hybridized carbons (Fsp3) is 0.500. The van der Waals surface area contributed by atoms with Crippen LogP contribution in [0.1, 0.15) is 18.4 Å². The van der Waals surface area contributed by atoms with E-state index in [4.69, 9.17) is 10.5 Å². The van der Waals surface area contributed by atoms with Crippen molar-refractivity contribution in [1.29, 1.82) is 0 Å². The lowest BCUT2D eigenvalue weighted by atomic mass is 10.2. The fourth-order valence-electron chi connectivity index (χ4n) is 2.02. The van der Waals surface area contributed by atoms with Gasteiger partial charge >= 0.3 is 0 Å². The molecule has 2 N–H and O–H groups in total. The predicted molar refractivity (Wildman–Crippen MR) is 66.6 cm³/mol. The highest BCUT2D eigenvalue weighted by molar-refractivity contribution is 7.92. The van der Waals surface area contributed by atoms with Crippen LogP contribution < -0.4 is 5.73 Å². The highest BCUT2D eigenvalue weighted by Crippen LogP contribution is 2.27. The molecule has 0 spiro atoms. The Bertz CT molecular complexity index is 504. The zero-order valence-corrected chi connectivity index (χ0v) is 10.7. The lowest BCUT2D eigenvalue weighted by Crippen LogP contribution is -2.31. The number of nitrogen functional groups attached to an aromatic ring is 1. The molecule has 17 heavy (non-hydrogen) atoms. The molecular weight excluding hydrogens is 238 g/mol. The second-order valence-corrected chi connectivity index (χ2v) is 6.62. The van der Waals surface area contributed by atoms with Crippen LogP contribution in [0.2, 0.25) is 0 Å². The summed E-state index contributed by atoms with van der Waals surface area (Å²) in [4.78, 5) is 0.244. The number of hydrogen-bond donors (Lipinski definition) is 1. The smallest absolute Gasteiger partial charge is 0.185 e. The van der Waals surface area contributed by atoms with E-state index >= 15 is 0 Å². The van der Waals surface area contributed by atoms with Gasteiger partial charge in [-0.1, -0.05) is 6.07 Å². The van der Waals surface area contributed by atoms with Crippen LogP contribution in [0.25, 0.3) is 0 Å². The molecule has 1 saturated heterocycles. The predicted octanol–water partition coefficient (Wildman–Crippen LogP) is 1.53. The van der Waals surface area contributed by atoms with E-state index in [2.05, 4.69) is 0 Å². The van der Waals surface area contributed by atoms with Gasteiger partial charge in [-0.2, -0.15) is 0 Å². The Labute approximate surface area is 102 Å². The number of anilines is 1. The largest absolute Gasteiger partial charge is 0.398 e. The van der Waals surface area contributed by atoms with Gasteiger partial charge in [0.1, 0.15) is 0 Å². The summed E-state index contributed by atoms with van der Waals surface area (Å²) in [6.45, 7) is 2.78. The van der Waals surface area contributed by atoms with Crippen molar-refractivity contribution < 1.29 is 13.2 Å². The molecule has 0 aromatic heterocycles. The summed E-state index contributed by atoms with van der Waals surface area (Å²) < 4.78 is 30.0. The second-order valence-electron chi connectivity index (χ2n) is 4.43. The summed E-state index contributed by atoms with van der Waals surface area (Å²) in [5.41, 5.74) is 6.98. The summed E-state index contributed by atoms with van der Waals surface area (Å²) in [5, 5.41) is -0.458. The summed E-state index contributed by atoms with van der Waals surface area (Å²) >= 11 is 0. The van der Waals surface area contributed by atoms with E-state index in [1.54, 1.807) is 12.1 Å². The molecule has 1 atom stereocenters. The minimum atomic E-state index is -3.37. The molecule has 1 aliphatic heterocycles. The Morgan fingerprint density at radius 2 is 2.18 bits per heavy atom. The zero-order valence-electron chi connectivity index (χ0n) is 9.85. The molecular formula is C12H17NO3S. The maximum Gasteiger partial charge on any atom is 0.185 e. The third-order valence-electron chi connectivity index (χ3n) is 3.03. The summed E-state index contributed by atoms with van der Waals surface area (Å²) in [7, 11) is -3.37. The number of nitrogens with two attached hydrogens (primary N) is 1. The van der Waals surface area contributed by atoms with E-state index in [1.165, 1.54) is 0 Å². The fourth-order valence-corrected chi connectivity index (χ4v) is 3.88. The van der Waals surface area contributed by atoms with Gasteiger partial charge in [0, 0.05) is 6.61 Å². The van der Waals surface area contributed by atoms with Crippen molar-refractivity contribution in [3.8, 4) is 0 Å². The Morgan fingerprint density at radius 1 is 1.41 bits per heavy atom. The van der Waals surface area contributed by atoms with Crippen molar-refractivity contribution in [3.63, 3.8) is 0 Å². The van der Waals surface area contributed by atoms with Gasteiger partial charge in [-0.15, -0.1) is 0 Å². The van der Waals surface area contributed by atoms with Crippen LogP contribution in [0, 0.1) is 6.92 Å². The van der Waals surface area contributed by atoms with Crippen molar-refractivity contribution in [2.75, 3.05) is 18.9 Å². The molecule has 1 fully saturated rings. The van der Waals surface area contributed by atoms with Crippen molar-refractivity contribution >= 4 is 15.5 Å². The van der Waals surface area contributed by atoms with Gasteiger partial charge < -0.3 is 10.5 Å². The first-order valence-corrected chi connectivity index (χ1v) is 7.24. The molecule has 94 valence electrons. The molecule has 5 heteroatoms. The molecule has 1 aromatic rings. The Morgan fingerprint density at radius 3 is 2.82 bits per heavy atom. The van der Waals surface area contributed by atoms with E-state index in [0.29, 0.717) is 18.7 Å². The highest BCUT2D eigenvalue weighted by Gasteiger charge is 2.31. The number of aryl methyl sites for hydroxylation is 1. The molecule has 4 nitrogen and oxygen atoms in total. The molecule has 0 amide bonds. The topological polar surface area (TPSA) is 69.4 Å². The average molecular weight is 255 g/mol. The minimum absolute atomic E-state index is 0.244. The van der Waals surface area contributed by atoms with Crippen LogP contribution in [0.3, 0.4) is 0 Å². The average Bonchev–Trinajstić information content (AvgIpc) is 2.33. The van der Waals surface area contributed by atoms with Gasteiger partial charge in [-0.25, -0.2) is 8.42 Å². The van der Waals surface area contributed by atoms with Crippen molar-refractivity contribution in [2.45, 2.75) is 29.9 Å². The quantitative estimate of drug-likeness (QED) is 0.814. The lowest BCUT2D eigenvalue weighted by molar-refractivity contribution is 0.0991. The monoisotopic (exact) mass is 255 g/mol. The molecule has 1 unspecified atom stereocenters. The molecule has 1 heterocycles.